The van der Waals surface area contributed by atoms with Gasteiger partial charge in [-0.25, -0.2) is 0 Å². The molecule has 0 amide bonds. The standard InChI is InChI=1S/C45H68O10/c1-30(14-21-38-22-16-33(4)40(27-46)54-38)11-9-8-10-12-31(2)25-35(6)42(51)43(52)41(50)34(5)15-20-37(49)19-13-32(3)26-36-17-23-39(24-18-36)55-44(53)45(7,28-47)29-48/h8-13,15,19,27,31-32,35-36,38-39,41,43,47-48,50,52H,14,16-18,20-26,28-29H2,1-7H3/b9-8+,12-10+,19-13+,30-11+,34-15+/t31-,32+,35-,36-,38-,39-,41-,43-/m1/s1. The summed E-state index contributed by atoms with van der Waals surface area (Å²) >= 11 is 0. The zero-order chi connectivity index (χ0) is 41.1. The van der Waals surface area contributed by atoms with E-state index in [0.29, 0.717) is 36.5 Å². The minimum absolute atomic E-state index is 0.0399. The Kier molecular flexibility index (Phi) is 21.0. The lowest BCUT2D eigenvalue weighted by atomic mass is 9.81. The summed E-state index contributed by atoms with van der Waals surface area (Å²) in [6.45, 7) is 11.9. The maximum atomic E-state index is 13.0. The first-order valence-corrected chi connectivity index (χ1v) is 20.1. The Hall–Kier alpha value is -3.44. The number of hydrogen-bond donors (Lipinski definition) is 4. The molecule has 2 rings (SSSR count). The van der Waals surface area contributed by atoms with E-state index in [9.17, 15) is 39.6 Å². The van der Waals surface area contributed by atoms with Gasteiger partial charge in [0.2, 0.25) is 0 Å². The fourth-order valence-corrected chi connectivity index (χ4v) is 6.91. The molecule has 0 aromatic carbocycles. The van der Waals surface area contributed by atoms with Crippen LogP contribution in [0, 0.1) is 29.1 Å². The number of aldehydes is 1. The molecule has 0 radical (unpaired) electrons. The van der Waals surface area contributed by atoms with E-state index in [1.54, 1.807) is 26.0 Å². The third-order valence-electron chi connectivity index (χ3n) is 11.0. The van der Waals surface area contributed by atoms with E-state index in [-0.39, 0.29) is 36.2 Å². The van der Waals surface area contributed by atoms with Crippen LogP contribution < -0.4 is 0 Å². The van der Waals surface area contributed by atoms with Crippen LogP contribution in [0.25, 0.3) is 0 Å². The van der Waals surface area contributed by atoms with Crippen LogP contribution in [0.5, 0.6) is 0 Å². The van der Waals surface area contributed by atoms with E-state index in [2.05, 4.69) is 13.0 Å². The van der Waals surface area contributed by atoms with Gasteiger partial charge in [-0.3, -0.25) is 19.2 Å². The van der Waals surface area contributed by atoms with Gasteiger partial charge in [-0.15, -0.1) is 0 Å². The molecule has 1 saturated carbocycles. The van der Waals surface area contributed by atoms with Crippen molar-refractivity contribution in [2.24, 2.45) is 29.1 Å². The summed E-state index contributed by atoms with van der Waals surface area (Å²) in [4.78, 5) is 49.1. The van der Waals surface area contributed by atoms with E-state index in [1.165, 1.54) is 12.5 Å². The van der Waals surface area contributed by atoms with Crippen molar-refractivity contribution < 1.29 is 49.1 Å². The first kappa shape index (κ1) is 47.7. The number of ketones is 2. The molecule has 0 aromatic heterocycles. The third-order valence-corrected chi connectivity index (χ3v) is 11.0. The van der Waals surface area contributed by atoms with Crippen LogP contribution >= 0.6 is 0 Å². The Balaban J connectivity index is 1.72. The number of carbonyl (C=O) groups is 4. The lowest BCUT2D eigenvalue weighted by molar-refractivity contribution is -0.167. The van der Waals surface area contributed by atoms with E-state index in [4.69, 9.17) is 9.47 Å². The van der Waals surface area contributed by atoms with Crippen molar-refractivity contribution in [1.82, 2.24) is 0 Å². The Morgan fingerprint density at radius 3 is 2.24 bits per heavy atom. The van der Waals surface area contributed by atoms with Crippen LogP contribution in [0.4, 0.5) is 0 Å². The number of rotatable bonds is 23. The van der Waals surface area contributed by atoms with Crippen LogP contribution in [0.3, 0.4) is 0 Å². The van der Waals surface area contributed by atoms with Crippen molar-refractivity contribution in [1.29, 1.82) is 0 Å². The van der Waals surface area contributed by atoms with Crippen LogP contribution in [0.15, 0.2) is 71.1 Å². The third kappa shape index (κ3) is 16.7. The predicted octanol–water partition coefficient (Wildman–Crippen LogP) is 7.01. The highest BCUT2D eigenvalue weighted by molar-refractivity contribution is 5.91. The highest BCUT2D eigenvalue weighted by atomic mass is 16.5. The highest BCUT2D eigenvalue weighted by Gasteiger charge is 2.36. The smallest absolute Gasteiger partial charge is 0.316 e. The Labute approximate surface area is 329 Å². The minimum atomic E-state index is -1.59. The van der Waals surface area contributed by atoms with Crippen LogP contribution in [-0.4, -0.2) is 81.9 Å². The summed E-state index contributed by atoms with van der Waals surface area (Å²) in [7, 11) is 0. The average Bonchev–Trinajstić information content (AvgIpc) is 3.17. The topological polar surface area (TPSA) is 168 Å². The molecular formula is C45H68O10. The van der Waals surface area contributed by atoms with Gasteiger partial charge in [0.05, 0.1) is 19.3 Å². The number of carbonyl (C=O) groups excluding carboxylic acids is 4. The molecule has 10 nitrogen and oxygen atoms in total. The molecule has 0 unspecified atom stereocenters. The average molecular weight is 769 g/mol. The van der Waals surface area contributed by atoms with Gasteiger partial charge >= 0.3 is 5.97 Å². The molecular weight excluding hydrogens is 700 g/mol. The van der Waals surface area contributed by atoms with Crippen molar-refractivity contribution in [3.05, 3.63) is 71.1 Å². The molecule has 6 atom stereocenters. The zero-order valence-electron chi connectivity index (χ0n) is 34.2. The van der Waals surface area contributed by atoms with Gasteiger partial charge in [-0.05, 0) is 127 Å². The van der Waals surface area contributed by atoms with E-state index < -0.39 is 48.5 Å². The van der Waals surface area contributed by atoms with Crippen molar-refractivity contribution in [2.75, 3.05) is 13.2 Å². The SMILES string of the molecule is CC1=C(C=O)O[C@H](CC/C(C)=C/C=C/C=C/[C@@H](C)C[C@@H](C)C(=O)[C@H](O)[C@H](O)/C(C)=C/CC(=O)/C=C/[C@H](C)C[C@H]2CC[C@H](OC(=O)C(C)(CO)CO)CC2)CC1. The van der Waals surface area contributed by atoms with Gasteiger partial charge in [0, 0.05) is 12.3 Å². The number of aliphatic hydroxyl groups is 4. The molecule has 308 valence electrons. The van der Waals surface area contributed by atoms with Gasteiger partial charge in [0.25, 0.3) is 0 Å². The number of esters is 1. The van der Waals surface area contributed by atoms with Crippen molar-refractivity contribution in [2.45, 2.75) is 144 Å². The molecule has 2 aliphatic rings. The second-order valence-corrected chi connectivity index (χ2v) is 16.4. The van der Waals surface area contributed by atoms with Crippen LogP contribution in [-0.2, 0) is 28.7 Å². The minimum Gasteiger partial charge on any atom is -0.487 e. The molecule has 0 saturated heterocycles. The largest absolute Gasteiger partial charge is 0.487 e. The lowest BCUT2D eigenvalue weighted by Crippen LogP contribution is -2.39. The summed E-state index contributed by atoms with van der Waals surface area (Å²) in [5.74, 6) is -0.511. The number of allylic oxidation sites excluding steroid dienone is 11. The Morgan fingerprint density at radius 1 is 0.927 bits per heavy atom. The molecule has 0 bridgehead atoms. The second kappa shape index (κ2) is 24.3. The van der Waals surface area contributed by atoms with Crippen LogP contribution in [0.2, 0.25) is 0 Å². The van der Waals surface area contributed by atoms with Gasteiger partial charge in [-0.1, -0.05) is 68.9 Å². The first-order valence-electron chi connectivity index (χ1n) is 20.1. The molecule has 10 heteroatoms. The normalized spacial score (nSPS) is 23.1. The maximum absolute atomic E-state index is 13.0. The molecule has 4 N–H and O–H groups in total. The second-order valence-electron chi connectivity index (χ2n) is 16.4. The Bertz CT molecular complexity index is 1440. The molecule has 1 fully saturated rings. The molecule has 1 heterocycles. The summed E-state index contributed by atoms with van der Waals surface area (Å²) < 4.78 is 11.3. The summed E-state index contributed by atoms with van der Waals surface area (Å²) in [5, 5.41) is 40.2. The number of aliphatic hydroxyl groups excluding tert-OH is 4. The molecule has 0 spiro atoms. The molecule has 0 aromatic rings. The van der Waals surface area contributed by atoms with E-state index in [0.717, 1.165) is 56.8 Å². The lowest BCUT2D eigenvalue weighted by Gasteiger charge is -2.32. The van der Waals surface area contributed by atoms with Crippen LogP contribution in [0.1, 0.15) is 119 Å². The number of Topliss-reactive ketones (excluding diaryl/α,β-unsaturated/α-hetero) is 1. The van der Waals surface area contributed by atoms with E-state index in [1.807, 2.05) is 51.2 Å². The zero-order valence-corrected chi connectivity index (χ0v) is 34.2. The summed E-state index contributed by atoms with van der Waals surface area (Å²) in [6, 6.07) is 0. The summed E-state index contributed by atoms with van der Waals surface area (Å²) in [6.07, 6.45) is 20.7. The predicted molar refractivity (Wildman–Crippen MR) is 215 cm³/mol. The number of ether oxygens (including phenoxy) is 2. The molecule has 1 aliphatic carbocycles. The van der Waals surface area contributed by atoms with Gasteiger partial charge in [0.15, 0.2) is 23.6 Å². The van der Waals surface area contributed by atoms with Gasteiger partial charge < -0.3 is 29.9 Å². The van der Waals surface area contributed by atoms with Gasteiger partial charge in [0.1, 0.15) is 23.7 Å². The first-order chi connectivity index (χ1) is 26.0. The monoisotopic (exact) mass is 768 g/mol. The fourth-order valence-electron chi connectivity index (χ4n) is 6.91. The maximum Gasteiger partial charge on any atom is 0.316 e. The molecule has 1 aliphatic heterocycles. The highest BCUT2D eigenvalue weighted by Crippen LogP contribution is 2.32. The Morgan fingerprint density at radius 2 is 1.60 bits per heavy atom. The van der Waals surface area contributed by atoms with Crippen molar-refractivity contribution in [3.63, 3.8) is 0 Å². The summed E-state index contributed by atoms with van der Waals surface area (Å²) in [5.41, 5.74) is 1.30. The number of hydrogen-bond acceptors (Lipinski definition) is 10. The van der Waals surface area contributed by atoms with Crippen molar-refractivity contribution in [3.8, 4) is 0 Å². The quantitative estimate of drug-likeness (QED) is 0.0279. The van der Waals surface area contributed by atoms with E-state index >= 15 is 0 Å². The molecule has 55 heavy (non-hydrogen) atoms. The van der Waals surface area contributed by atoms with Gasteiger partial charge in [-0.2, -0.15) is 0 Å². The van der Waals surface area contributed by atoms with Crippen molar-refractivity contribution >= 4 is 23.8 Å². The fraction of sp³-hybridized carbons (Fsp3) is 0.644.